The molecule has 0 aromatic heterocycles. The summed E-state index contributed by atoms with van der Waals surface area (Å²) in [7, 11) is 0. The summed E-state index contributed by atoms with van der Waals surface area (Å²) in [4.78, 5) is 80.1. The average Bonchev–Trinajstić information content (AvgIpc) is 0.706. The SMILES string of the molecule is CCCCCC(=O)OCC1(COC(C)=O)Nc2cccc3ccc(C4C(O)C(c5ccc6ccc(C7C(O)C(c8ccc9cccc%10c9c8NC(COC(=O)CCCCC)(COC(=O)CCCCC)N%10)C7O)c7c6c5NC(COC(=O)CCCCC)(COC(=O)CCCCC)N7)C4O)c(c23)N1. The number of aliphatic hydroxyl groups excluding tert-OH is 4. The van der Waals surface area contributed by atoms with Crippen LogP contribution in [0.4, 0.5) is 34.1 Å². The van der Waals surface area contributed by atoms with Crippen molar-refractivity contribution in [2.75, 3.05) is 71.5 Å². The number of esters is 6. The van der Waals surface area contributed by atoms with Gasteiger partial charge in [0.05, 0.1) is 24.4 Å². The molecule has 6 aromatic carbocycles. The van der Waals surface area contributed by atoms with Gasteiger partial charge >= 0.3 is 35.8 Å². The zero-order valence-corrected chi connectivity index (χ0v) is 59.3. The molecule has 10 N–H and O–H groups in total. The van der Waals surface area contributed by atoms with Gasteiger partial charge in [0.1, 0.15) is 39.6 Å². The van der Waals surface area contributed by atoms with Gasteiger partial charge in [-0.1, -0.05) is 172 Å². The van der Waals surface area contributed by atoms with E-state index in [9.17, 15) is 49.2 Å². The number of ether oxygens (including phenoxy) is 6. The first kappa shape index (κ1) is 73.8. The minimum absolute atomic E-state index is 0.129. The lowest BCUT2D eigenvalue weighted by atomic mass is 9.61. The topological polar surface area (TPSA) is 311 Å². The van der Waals surface area contributed by atoms with Crippen molar-refractivity contribution in [3.63, 3.8) is 0 Å². The Hall–Kier alpha value is -8.44. The molecule has 11 rings (SSSR count). The van der Waals surface area contributed by atoms with E-state index in [0.717, 1.165) is 85.8 Å². The maximum absolute atomic E-state index is 13.8. The summed E-state index contributed by atoms with van der Waals surface area (Å²) in [6, 6.07) is 26.4. The Morgan fingerprint density at radius 1 is 0.327 bits per heavy atom. The van der Waals surface area contributed by atoms with E-state index in [0.29, 0.717) is 99.3 Å². The number of hydrogen-bond acceptors (Lipinski definition) is 22. The summed E-state index contributed by atoms with van der Waals surface area (Å²) in [5.41, 5.74) is 0.935. The summed E-state index contributed by atoms with van der Waals surface area (Å²) in [5.74, 6) is -6.54. The predicted molar refractivity (Wildman–Crippen MR) is 389 cm³/mol. The molecule has 2 saturated carbocycles. The monoisotopic (exact) mass is 1390 g/mol. The molecule has 3 aliphatic heterocycles. The molecule has 2 aliphatic carbocycles. The van der Waals surface area contributed by atoms with Gasteiger partial charge in [-0.3, -0.25) is 28.8 Å². The fraction of sp³-hybridized carbons (Fsp3) is 0.544. The molecule has 0 bridgehead atoms. The van der Waals surface area contributed by atoms with Crippen LogP contribution < -0.4 is 31.9 Å². The van der Waals surface area contributed by atoms with Crippen LogP contribution in [0.15, 0.2) is 84.9 Å². The highest BCUT2D eigenvalue weighted by molar-refractivity contribution is 6.10. The molecule has 0 spiro atoms. The van der Waals surface area contributed by atoms with Crippen molar-refractivity contribution in [3.05, 3.63) is 107 Å². The second-order valence-electron chi connectivity index (χ2n) is 28.5. The lowest BCUT2D eigenvalue weighted by Gasteiger charge is -2.51. The van der Waals surface area contributed by atoms with Gasteiger partial charge < -0.3 is 80.7 Å². The number of benzene rings is 6. The first-order valence-electron chi connectivity index (χ1n) is 36.8. The van der Waals surface area contributed by atoms with Crippen molar-refractivity contribution in [2.24, 2.45) is 0 Å². The van der Waals surface area contributed by atoms with Gasteiger partial charge in [0.25, 0.3) is 0 Å². The van der Waals surface area contributed by atoms with Gasteiger partial charge in [-0.15, -0.1) is 0 Å². The van der Waals surface area contributed by atoms with Crippen LogP contribution in [0, 0.1) is 0 Å². The molecule has 3 heterocycles. The Morgan fingerprint density at radius 3 is 0.842 bits per heavy atom. The molecule has 5 atom stereocenters. The van der Waals surface area contributed by atoms with Crippen molar-refractivity contribution >= 4 is 102 Å². The third kappa shape index (κ3) is 16.0. The summed E-state index contributed by atoms with van der Waals surface area (Å²) < 4.78 is 35.9. The Balaban J connectivity index is 0.979. The highest BCUT2D eigenvalue weighted by atomic mass is 16.6. The van der Waals surface area contributed by atoms with E-state index in [1.165, 1.54) is 6.92 Å². The van der Waals surface area contributed by atoms with Gasteiger partial charge in [-0.25, -0.2) is 0 Å². The quantitative estimate of drug-likeness (QED) is 0.00993. The molecule has 5 unspecified atom stereocenters. The fourth-order valence-corrected chi connectivity index (χ4v) is 15.3. The maximum atomic E-state index is 13.8. The number of rotatable bonds is 36. The molecule has 22 heteroatoms. The number of carbonyl (C=O) groups is 6. The van der Waals surface area contributed by atoms with Crippen LogP contribution in [0.25, 0.3) is 32.3 Å². The normalized spacial score (nSPS) is 22.3. The lowest BCUT2D eigenvalue weighted by Crippen LogP contribution is -2.58. The first-order valence-corrected chi connectivity index (χ1v) is 36.8. The summed E-state index contributed by atoms with van der Waals surface area (Å²) in [6.45, 7) is 9.81. The van der Waals surface area contributed by atoms with Gasteiger partial charge in [0.15, 0.2) is 17.0 Å². The largest absolute Gasteiger partial charge is 0.461 e. The van der Waals surface area contributed by atoms with Crippen LogP contribution in [-0.4, -0.2) is 137 Å². The second kappa shape index (κ2) is 32.7. The Bertz CT molecular complexity index is 3920. The smallest absolute Gasteiger partial charge is 0.305 e. The number of unbranched alkanes of at least 4 members (excludes halogenated alkanes) is 10. The number of nitrogens with one attached hydrogen (secondary N) is 6. The molecule has 101 heavy (non-hydrogen) atoms. The molecule has 544 valence electrons. The molecule has 0 radical (unpaired) electrons. The molecule has 6 aromatic rings. The third-order valence-electron chi connectivity index (χ3n) is 20.8. The first-order chi connectivity index (χ1) is 48.8. The molecular formula is C79H102N6O16. The molecule has 0 amide bonds. The fourth-order valence-electron chi connectivity index (χ4n) is 15.3. The molecule has 0 saturated heterocycles. The van der Waals surface area contributed by atoms with Crippen LogP contribution in [0.1, 0.15) is 216 Å². The Kier molecular flexibility index (Phi) is 23.9. The summed E-state index contributed by atoms with van der Waals surface area (Å²) in [6.07, 6.45) is 7.58. The maximum Gasteiger partial charge on any atom is 0.305 e. The van der Waals surface area contributed by atoms with Gasteiger partial charge in [0, 0.05) is 113 Å². The van der Waals surface area contributed by atoms with Gasteiger partial charge in [-0.2, -0.15) is 0 Å². The Labute approximate surface area is 591 Å². The highest BCUT2D eigenvalue weighted by Crippen LogP contribution is 2.59. The van der Waals surface area contributed by atoms with Crippen LogP contribution in [0.5, 0.6) is 0 Å². The van der Waals surface area contributed by atoms with E-state index in [1.807, 2.05) is 106 Å². The van der Waals surface area contributed by atoms with E-state index >= 15 is 0 Å². The standard InChI is InChI=1S/C79H102N6O16/c1-7-12-17-28-57(87)97-42-77(41-96-47(6)86)80-55-26-22-24-48-33-37-51(69(82-77)62(48)55)65-73(92)67(74(65)93)53-39-35-50-36-40-54(72-64(50)71(53)84-79(85-72,45-100-60(90)31-20-15-10-4)46-101-61(91)32-21-16-11-5)68-75(94)66(76(68)95)52-38-34-49-25-23-27-56-63(49)70(52)83-78(81-56,43-98-58(88)29-18-13-8-2)44-99-59(89)30-19-14-9-3/h22-27,33-40,65-68,73-76,80-85,92-95H,7-21,28-32,41-46H2,1-6H3. The number of hydrogen-bond donors (Lipinski definition) is 10. The van der Waals surface area contributed by atoms with Gasteiger partial charge in [-0.05, 0) is 82.6 Å². The summed E-state index contributed by atoms with van der Waals surface area (Å²) >= 11 is 0. The average molecular weight is 1390 g/mol. The minimum atomic E-state index is -1.62. The second-order valence-corrected chi connectivity index (χ2v) is 28.5. The Morgan fingerprint density at radius 2 is 0.574 bits per heavy atom. The zero-order valence-electron chi connectivity index (χ0n) is 59.3. The van der Waals surface area contributed by atoms with Crippen LogP contribution in [0.2, 0.25) is 0 Å². The van der Waals surface area contributed by atoms with E-state index < -0.39 is 101 Å². The number of aliphatic hydroxyl groups is 4. The minimum Gasteiger partial charge on any atom is -0.461 e. The van der Waals surface area contributed by atoms with Crippen molar-refractivity contribution in [1.29, 1.82) is 0 Å². The van der Waals surface area contributed by atoms with E-state index in [1.54, 1.807) is 0 Å². The van der Waals surface area contributed by atoms with Crippen LogP contribution in [-0.2, 0) is 57.2 Å². The van der Waals surface area contributed by atoms with Crippen molar-refractivity contribution in [3.8, 4) is 0 Å². The molecule has 5 aliphatic rings. The number of anilines is 6. The lowest BCUT2D eigenvalue weighted by molar-refractivity contribution is -0.150. The van der Waals surface area contributed by atoms with Crippen LogP contribution >= 0.6 is 0 Å². The molecule has 2 fully saturated rings. The van der Waals surface area contributed by atoms with E-state index in [4.69, 9.17) is 28.4 Å². The van der Waals surface area contributed by atoms with Crippen LogP contribution in [0.3, 0.4) is 0 Å². The van der Waals surface area contributed by atoms with Crippen molar-refractivity contribution in [1.82, 2.24) is 0 Å². The van der Waals surface area contributed by atoms with Crippen molar-refractivity contribution < 1.29 is 77.6 Å². The zero-order chi connectivity index (χ0) is 71.6. The molecule has 22 nitrogen and oxygen atoms in total. The number of carbonyl (C=O) groups excluding carboxylic acids is 6. The van der Waals surface area contributed by atoms with E-state index in [2.05, 4.69) is 45.7 Å². The third-order valence-corrected chi connectivity index (χ3v) is 20.8. The van der Waals surface area contributed by atoms with E-state index in [-0.39, 0.29) is 71.7 Å². The van der Waals surface area contributed by atoms with Crippen molar-refractivity contribution in [2.45, 2.75) is 235 Å². The summed E-state index contributed by atoms with van der Waals surface area (Å²) in [5, 5.41) is 77.9. The predicted octanol–water partition coefficient (Wildman–Crippen LogP) is 13.1. The highest BCUT2D eigenvalue weighted by Gasteiger charge is 2.57. The molecular weight excluding hydrogens is 1290 g/mol. The van der Waals surface area contributed by atoms with Gasteiger partial charge in [0.2, 0.25) is 0 Å².